The van der Waals surface area contributed by atoms with Crippen molar-refractivity contribution in [2.75, 3.05) is 0 Å². The second-order valence-electron chi connectivity index (χ2n) is 3.81. The molecule has 1 heterocycles. The zero-order valence-corrected chi connectivity index (χ0v) is 11.8. The van der Waals surface area contributed by atoms with E-state index in [2.05, 4.69) is 15.9 Å². The van der Waals surface area contributed by atoms with Crippen LogP contribution in [0.4, 0.5) is 0 Å². The van der Waals surface area contributed by atoms with Crippen LogP contribution in [0.25, 0.3) is 0 Å². The van der Waals surface area contributed by atoms with Crippen molar-refractivity contribution < 1.29 is 4.42 Å². The first-order valence-corrected chi connectivity index (χ1v) is 6.58. The fraction of sp³-hybridized carbons (Fsp3) is 0.231. The zero-order valence-electron chi connectivity index (χ0n) is 9.41. The summed E-state index contributed by atoms with van der Waals surface area (Å²) in [5.41, 5.74) is 7.12. The highest BCUT2D eigenvalue weighted by Gasteiger charge is 2.14. The Morgan fingerprint density at radius 1 is 1.35 bits per heavy atom. The summed E-state index contributed by atoms with van der Waals surface area (Å²) in [6.45, 7) is 2.05. The van der Waals surface area contributed by atoms with E-state index < -0.39 is 0 Å². The van der Waals surface area contributed by atoms with E-state index in [1.165, 1.54) is 0 Å². The first-order valence-electron chi connectivity index (χ1n) is 5.41. The lowest BCUT2D eigenvalue weighted by Crippen LogP contribution is -2.10. The standard InChI is InChI=1S/C13H13BrClNO/c1-2-9-4-6-12(17-9)13(16)8-3-5-11(15)10(14)7-8/h3-7,13H,2,16H2,1H3. The van der Waals surface area contributed by atoms with Gasteiger partial charge in [0.15, 0.2) is 0 Å². The normalized spacial score (nSPS) is 12.7. The van der Waals surface area contributed by atoms with Crippen LogP contribution in [0.3, 0.4) is 0 Å². The van der Waals surface area contributed by atoms with Crippen molar-refractivity contribution in [3.05, 3.63) is 56.9 Å². The van der Waals surface area contributed by atoms with E-state index in [1.54, 1.807) is 0 Å². The molecule has 1 aromatic heterocycles. The molecule has 2 rings (SSSR count). The third-order valence-electron chi connectivity index (χ3n) is 2.64. The highest BCUT2D eigenvalue weighted by atomic mass is 79.9. The zero-order chi connectivity index (χ0) is 12.4. The Hall–Kier alpha value is -0.770. The van der Waals surface area contributed by atoms with Gasteiger partial charge in [-0.15, -0.1) is 0 Å². The molecule has 4 heteroatoms. The maximum atomic E-state index is 6.15. The molecule has 0 bridgehead atoms. The summed E-state index contributed by atoms with van der Waals surface area (Å²) >= 11 is 9.33. The third kappa shape index (κ3) is 2.73. The largest absolute Gasteiger partial charge is 0.464 e. The molecule has 0 saturated carbocycles. The summed E-state index contributed by atoms with van der Waals surface area (Å²) in [7, 11) is 0. The number of aryl methyl sites for hydroxylation is 1. The van der Waals surface area contributed by atoms with Gasteiger partial charge in [-0.05, 0) is 45.8 Å². The van der Waals surface area contributed by atoms with Gasteiger partial charge in [0.05, 0.1) is 11.1 Å². The average Bonchev–Trinajstić information content (AvgIpc) is 2.80. The smallest absolute Gasteiger partial charge is 0.125 e. The van der Waals surface area contributed by atoms with Crippen LogP contribution in [0.5, 0.6) is 0 Å². The fourth-order valence-corrected chi connectivity index (χ4v) is 2.14. The molecular weight excluding hydrogens is 302 g/mol. The van der Waals surface area contributed by atoms with Gasteiger partial charge in [-0.25, -0.2) is 0 Å². The van der Waals surface area contributed by atoms with E-state index in [4.69, 9.17) is 21.8 Å². The molecule has 1 unspecified atom stereocenters. The first-order chi connectivity index (χ1) is 8.11. The number of rotatable bonds is 3. The molecule has 0 saturated heterocycles. The van der Waals surface area contributed by atoms with Crippen LogP contribution in [0.1, 0.15) is 30.0 Å². The molecule has 0 aliphatic carbocycles. The van der Waals surface area contributed by atoms with Crippen LogP contribution in [-0.2, 0) is 6.42 Å². The molecule has 0 aliphatic rings. The van der Waals surface area contributed by atoms with Gasteiger partial charge in [0, 0.05) is 10.9 Å². The monoisotopic (exact) mass is 313 g/mol. The third-order valence-corrected chi connectivity index (χ3v) is 3.85. The number of halogens is 2. The topological polar surface area (TPSA) is 39.2 Å². The van der Waals surface area contributed by atoms with Gasteiger partial charge in [-0.2, -0.15) is 0 Å². The molecule has 2 N–H and O–H groups in total. The molecule has 0 aliphatic heterocycles. The minimum atomic E-state index is -0.260. The van der Waals surface area contributed by atoms with E-state index in [0.29, 0.717) is 5.02 Å². The van der Waals surface area contributed by atoms with Crippen LogP contribution >= 0.6 is 27.5 Å². The molecule has 90 valence electrons. The SMILES string of the molecule is CCc1ccc(C(N)c2ccc(Cl)c(Br)c2)o1. The van der Waals surface area contributed by atoms with Crippen molar-refractivity contribution >= 4 is 27.5 Å². The van der Waals surface area contributed by atoms with E-state index in [-0.39, 0.29) is 6.04 Å². The number of benzene rings is 1. The lowest BCUT2D eigenvalue weighted by Gasteiger charge is -2.10. The van der Waals surface area contributed by atoms with Gasteiger partial charge in [0.25, 0.3) is 0 Å². The maximum Gasteiger partial charge on any atom is 0.125 e. The van der Waals surface area contributed by atoms with Crippen molar-refractivity contribution in [3.8, 4) is 0 Å². The first kappa shape index (κ1) is 12.7. The molecule has 17 heavy (non-hydrogen) atoms. The molecule has 0 amide bonds. The summed E-state index contributed by atoms with van der Waals surface area (Å²) in [5.74, 6) is 1.72. The highest BCUT2D eigenvalue weighted by Crippen LogP contribution is 2.28. The predicted octanol–water partition coefficient (Wildman–Crippen LogP) is 4.31. The summed E-state index contributed by atoms with van der Waals surface area (Å²) in [4.78, 5) is 0. The Morgan fingerprint density at radius 3 is 2.71 bits per heavy atom. The van der Waals surface area contributed by atoms with Crippen LogP contribution in [0.2, 0.25) is 5.02 Å². The lowest BCUT2D eigenvalue weighted by atomic mass is 10.1. The van der Waals surface area contributed by atoms with E-state index in [1.807, 2.05) is 37.3 Å². The molecule has 2 aromatic rings. The van der Waals surface area contributed by atoms with Gasteiger partial charge in [-0.3, -0.25) is 0 Å². The molecule has 1 aromatic carbocycles. The Kier molecular flexibility index (Phi) is 3.92. The quantitative estimate of drug-likeness (QED) is 0.917. The van der Waals surface area contributed by atoms with E-state index in [0.717, 1.165) is 28.0 Å². The summed E-state index contributed by atoms with van der Waals surface area (Å²) in [6, 6.07) is 9.27. The molecule has 0 fully saturated rings. The molecule has 1 atom stereocenters. The molecule has 0 radical (unpaired) electrons. The minimum absolute atomic E-state index is 0.260. The Bertz CT molecular complexity index is 524. The summed E-state index contributed by atoms with van der Waals surface area (Å²) < 4.78 is 6.49. The number of hydrogen-bond acceptors (Lipinski definition) is 2. The lowest BCUT2D eigenvalue weighted by molar-refractivity contribution is 0.454. The van der Waals surface area contributed by atoms with Crippen molar-refractivity contribution in [2.45, 2.75) is 19.4 Å². The fourth-order valence-electron chi connectivity index (χ4n) is 1.62. The molecule has 0 spiro atoms. The van der Waals surface area contributed by atoms with Crippen molar-refractivity contribution in [1.29, 1.82) is 0 Å². The second kappa shape index (κ2) is 5.25. The Morgan fingerprint density at radius 2 is 2.12 bits per heavy atom. The van der Waals surface area contributed by atoms with Crippen LogP contribution in [-0.4, -0.2) is 0 Å². The van der Waals surface area contributed by atoms with Gasteiger partial charge in [0.1, 0.15) is 11.5 Å². The van der Waals surface area contributed by atoms with Crippen molar-refractivity contribution in [3.63, 3.8) is 0 Å². The van der Waals surface area contributed by atoms with Crippen molar-refractivity contribution in [1.82, 2.24) is 0 Å². The molecule has 2 nitrogen and oxygen atoms in total. The number of hydrogen-bond donors (Lipinski definition) is 1. The van der Waals surface area contributed by atoms with E-state index in [9.17, 15) is 0 Å². The average molecular weight is 315 g/mol. The van der Waals surface area contributed by atoms with Crippen molar-refractivity contribution in [2.24, 2.45) is 5.73 Å². The van der Waals surface area contributed by atoms with Gasteiger partial charge >= 0.3 is 0 Å². The Balaban J connectivity index is 2.29. The van der Waals surface area contributed by atoms with Crippen LogP contribution < -0.4 is 5.73 Å². The minimum Gasteiger partial charge on any atom is -0.464 e. The van der Waals surface area contributed by atoms with E-state index >= 15 is 0 Å². The second-order valence-corrected chi connectivity index (χ2v) is 5.07. The highest BCUT2D eigenvalue weighted by molar-refractivity contribution is 9.10. The molecular formula is C13H13BrClNO. The predicted molar refractivity (Wildman–Crippen MR) is 73.3 cm³/mol. The van der Waals surface area contributed by atoms with Crippen LogP contribution in [0, 0.1) is 0 Å². The van der Waals surface area contributed by atoms with Gasteiger partial charge in [-0.1, -0.05) is 24.6 Å². The number of nitrogens with two attached hydrogens (primary N) is 1. The van der Waals surface area contributed by atoms with Crippen LogP contribution in [0.15, 0.2) is 39.2 Å². The number of furan rings is 1. The summed E-state index contributed by atoms with van der Waals surface area (Å²) in [5, 5.41) is 0.676. The maximum absolute atomic E-state index is 6.15. The summed E-state index contributed by atoms with van der Waals surface area (Å²) in [6.07, 6.45) is 0.872. The Labute approximate surface area is 114 Å². The van der Waals surface area contributed by atoms with Gasteiger partial charge in [0.2, 0.25) is 0 Å². The van der Waals surface area contributed by atoms with Gasteiger partial charge < -0.3 is 10.2 Å².